The molecular formula is C61H41N3. The lowest BCUT2D eigenvalue weighted by molar-refractivity contribution is 0.661. The molecule has 3 nitrogen and oxygen atoms in total. The highest BCUT2D eigenvalue weighted by atomic mass is 15.0. The molecule has 10 aromatic carbocycles. The van der Waals surface area contributed by atoms with Crippen molar-refractivity contribution < 1.29 is 0 Å². The summed E-state index contributed by atoms with van der Waals surface area (Å²) >= 11 is 0. The van der Waals surface area contributed by atoms with E-state index in [1.54, 1.807) is 12.4 Å². The molecule has 0 amide bonds. The fraction of sp³-hybridized carbons (Fsp3) is 0.0492. The average molecular weight is 816 g/mol. The Hall–Kier alpha value is -8.14. The Morgan fingerprint density at radius 2 is 0.781 bits per heavy atom. The van der Waals surface area contributed by atoms with Crippen LogP contribution < -0.4 is 0 Å². The number of hydrogen-bond donors (Lipinski definition) is 0. The monoisotopic (exact) mass is 815 g/mol. The minimum atomic E-state index is -0.172. The second-order valence-corrected chi connectivity index (χ2v) is 17.8. The molecule has 2 heterocycles. The number of para-hydroxylation sites is 2. The van der Waals surface area contributed by atoms with Crippen molar-refractivity contribution in [1.29, 1.82) is 0 Å². The van der Waals surface area contributed by atoms with E-state index < -0.39 is 0 Å². The molecule has 12 aromatic rings. The Labute approximate surface area is 371 Å². The standard InChI is InChI=1S/C61H41N3/c1-61(2)55-35-43(23-27-49(55)50-28-24-44(36-56(50)61)45-25-29-52-51-19-8-9-21-57(51)64(58(52)37-45)46-16-4-3-5-17-46)41-15-11-13-39(33-41)38-12-10-14-40(32-38)42-22-26-48-47-18-6-7-20-53(47)59-60(54(48)34-42)63-31-30-62-59/h3-37H,1-2H3. The van der Waals surface area contributed by atoms with Gasteiger partial charge in [0.25, 0.3) is 0 Å². The van der Waals surface area contributed by atoms with Gasteiger partial charge in [-0.3, -0.25) is 9.97 Å². The summed E-state index contributed by atoms with van der Waals surface area (Å²) in [6.45, 7) is 4.77. The summed E-state index contributed by atoms with van der Waals surface area (Å²) in [4.78, 5) is 9.58. The van der Waals surface area contributed by atoms with Crippen molar-refractivity contribution >= 4 is 54.4 Å². The smallest absolute Gasteiger partial charge is 0.0971 e. The maximum Gasteiger partial charge on any atom is 0.0971 e. The Balaban J connectivity index is 0.838. The van der Waals surface area contributed by atoms with Gasteiger partial charge in [-0.1, -0.05) is 159 Å². The summed E-state index contributed by atoms with van der Waals surface area (Å²) in [5.41, 5.74) is 20.3. The van der Waals surface area contributed by atoms with Crippen LogP contribution in [0.5, 0.6) is 0 Å². The maximum atomic E-state index is 4.82. The van der Waals surface area contributed by atoms with Gasteiger partial charge in [0.1, 0.15) is 0 Å². The molecule has 0 spiro atoms. The number of benzene rings is 10. The van der Waals surface area contributed by atoms with E-state index in [4.69, 9.17) is 9.97 Å². The zero-order valence-corrected chi connectivity index (χ0v) is 35.5. The molecule has 64 heavy (non-hydrogen) atoms. The lowest BCUT2D eigenvalue weighted by Gasteiger charge is -2.23. The predicted octanol–water partition coefficient (Wildman–Crippen LogP) is 16.0. The van der Waals surface area contributed by atoms with Crippen molar-refractivity contribution in [2.24, 2.45) is 0 Å². The topological polar surface area (TPSA) is 30.7 Å². The van der Waals surface area contributed by atoms with Crippen LogP contribution in [0.1, 0.15) is 25.0 Å². The van der Waals surface area contributed by atoms with E-state index in [2.05, 4.69) is 219 Å². The molecule has 1 aliphatic rings. The lowest BCUT2D eigenvalue weighted by Crippen LogP contribution is -2.15. The van der Waals surface area contributed by atoms with Crippen LogP contribution in [0, 0.1) is 0 Å². The van der Waals surface area contributed by atoms with E-state index in [9.17, 15) is 0 Å². The minimum absolute atomic E-state index is 0.172. The van der Waals surface area contributed by atoms with Crippen LogP contribution in [-0.4, -0.2) is 14.5 Å². The highest BCUT2D eigenvalue weighted by Crippen LogP contribution is 2.51. The third kappa shape index (κ3) is 5.54. The molecule has 0 bridgehead atoms. The van der Waals surface area contributed by atoms with Gasteiger partial charge < -0.3 is 4.57 Å². The van der Waals surface area contributed by atoms with Gasteiger partial charge in [-0.25, -0.2) is 0 Å². The molecule has 0 saturated carbocycles. The molecule has 0 unspecified atom stereocenters. The summed E-state index contributed by atoms with van der Waals surface area (Å²) in [7, 11) is 0. The van der Waals surface area contributed by atoms with Gasteiger partial charge in [0.05, 0.1) is 22.1 Å². The van der Waals surface area contributed by atoms with Gasteiger partial charge in [-0.2, -0.15) is 0 Å². The third-order valence-corrected chi connectivity index (χ3v) is 13.9. The molecular weight excluding hydrogens is 775 g/mol. The summed E-state index contributed by atoms with van der Waals surface area (Å²) in [5, 5.41) is 7.18. The summed E-state index contributed by atoms with van der Waals surface area (Å²) in [5.74, 6) is 0. The van der Waals surface area contributed by atoms with E-state index in [1.165, 1.54) is 99.5 Å². The molecule has 0 fully saturated rings. The molecule has 3 heteroatoms. The average Bonchev–Trinajstić information content (AvgIpc) is 3.81. The first-order valence-corrected chi connectivity index (χ1v) is 22.1. The van der Waals surface area contributed by atoms with Crippen molar-refractivity contribution in [3.63, 3.8) is 0 Å². The van der Waals surface area contributed by atoms with Gasteiger partial charge in [-0.05, 0) is 132 Å². The van der Waals surface area contributed by atoms with E-state index in [-0.39, 0.29) is 5.41 Å². The summed E-state index contributed by atoms with van der Waals surface area (Å²) in [6, 6.07) is 73.8. The third-order valence-electron chi connectivity index (χ3n) is 13.9. The van der Waals surface area contributed by atoms with Crippen LogP contribution in [0.15, 0.2) is 213 Å². The predicted molar refractivity (Wildman–Crippen MR) is 268 cm³/mol. The number of aromatic nitrogens is 3. The highest BCUT2D eigenvalue weighted by Gasteiger charge is 2.36. The number of fused-ring (bicyclic) bond motifs is 12. The molecule has 300 valence electrons. The first-order valence-electron chi connectivity index (χ1n) is 22.1. The van der Waals surface area contributed by atoms with Crippen LogP contribution in [0.25, 0.3) is 116 Å². The van der Waals surface area contributed by atoms with Gasteiger partial charge in [0.2, 0.25) is 0 Å². The summed E-state index contributed by atoms with van der Waals surface area (Å²) in [6.07, 6.45) is 3.58. The van der Waals surface area contributed by atoms with E-state index >= 15 is 0 Å². The van der Waals surface area contributed by atoms with E-state index in [1.807, 2.05) is 0 Å². The molecule has 0 saturated heterocycles. The van der Waals surface area contributed by atoms with Crippen LogP contribution in [0.3, 0.4) is 0 Å². The summed E-state index contributed by atoms with van der Waals surface area (Å²) < 4.78 is 2.40. The van der Waals surface area contributed by atoms with Crippen LogP contribution >= 0.6 is 0 Å². The molecule has 0 atom stereocenters. The zero-order valence-electron chi connectivity index (χ0n) is 35.5. The molecule has 13 rings (SSSR count). The van der Waals surface area contributed by atoms with Crippen molar-refractivity contribution in [2.75, 3.05) is 0 Å². The molecule has 1 aliphatic carbocycles. The fourth-order valence-corrected chi connectivity index (χ4v) is 10.7. The molecule has 2 aromatic heterocycles. The molecule has 0 aliphatic heterocycles. The largest absolute Gasteiger partial charge is 0.309 e. The Bertz CT molecular complexity index is 3840. The Morgan fingerprint density at radius 1 is 0.328 bits per heavy atom. The van der Waals surface area contributed by atoms with E-state index in [0.717, 1.165) is 27.4 Å². The second-order valence-electron chi connectivity index (χ2n) is 17.8. The SMILES string of the molecule is CC1(C)c2cc(-c3cccc(-c4cccc(-c5ccc6c7ccccc7c7nccnc7c6c5)c4)c3)ccc2-c2ccc(-c3ccc4c5ccccc5n(-c5ccccc5)c4c3)cc21. The normalized spacial score (nSPS) is 13.0. The Kier molecular flexibility index (Phi) is 7.95. The van der Waals surface area contributed by atoms with Crippen LogP contribution in [-0.2, 0) is 5.41 Å². The van der Waals surface area contributed by atoms with E-state index in [0.29, 0.717) is 0 Å². The first kappa shape index (κ1) is 36.5. The molecule has 0 N–H and O–H groups in total. The second kappa shape index (κ2) is 13.9. The number of rotatable bonds is 5. The van der Waals surface area contributed by atoms with Crippen molar-refractivity contribution in [3.05, 3.63) is 224 Å². The minimum Gasteiger partial charge on any atom is -0.309 e. The van der Waals surface area contributed by atoms with Crippen molar-refractivity contribution in [3.8, 4) is 61.3 Å². The Morgan fingerprint density at radius 3 is 1.42 bits per heavy atom. The van der Waals surface area contributed by atoms with Gasteiger partial charge in [-0.15, -0.1) is 0 Å². The van der Waals surface area contributed by atoms with Crippen LogP contribution in [0.4, 0.5) is 0 Å². The van der Waals surface area contributed by atoms with Gasteiger partial charge in [0, 0.05) is 45.0 Å². The van der Waals surface area contributed by atoms with Crippen molar-refractivity contribution in [2.45, 2.75) is 19.3 Å². The lowest BCUT2D eigenvalue weighted by atomic mass is 9.80. The highest BCUT2D eigenvalue weighted by molar-refractivity contribution is 6.23. The van der Waals surface area contributed by atoms with Crippen molar-refractivity contribution in [1.82, 2.24) is 14.5 Å². The number of nitrogens with zero attached hydrogens (tertiary/aromatic N) is 3. The first-order chi connectivity index (χ1) is 31.5. The maximum absolute atomic E-state index is 4.82. The van der Waals surface area contributed by atoms with Gasteiger partial charge in [0.15, 0.2) is 0 Å². The number of hydrogen-bond acceptors (Lipinski definition) is 2. The quantitative estimate of drug-likeness (QED) is 0.162. The van der Waals surface area contributed by atoms with Gasteiger partial charge >= 0.3 is 0 Å². The fourth-order valence-electron chi connectivity index (χ4n) is 10.7. The van der Waals surface area contributed by atoms with Crippen LogP contribution in [0.2, 0.25) is 0 Å². The zero-order chi connectivity index (χ0) is 42.5. The molecule has 0 radical (unpaired) electrons.